The molecule has 1 heterocycles. The van der Waals surface area contributed by atoms with Crippen molar-refractivity contribution < 1.29 is 14.7 Å². The number of anilines is 1. The Morgan fingerprint density at radius 2 is 1.72 bits per heavy atom. The number of amides is 2. The van der Waals surface area contributed by atoms with Gasteiger partial charge in [-0.05, 0) is 50.3 Å². The molecule has 5 heteroatoms. The number of carbonyl (C=O) groups excluding carboxylic acids is 2. The van der Waals surface area contributed by atoms with Crippen LogP contribution in [0.4, 0.5) is 5.69 Å². The zero-order valence-corrected chi connectivity index (χ0v) is 14.8. The Kier molecular flexibility index (Phi) is 5.74. The van der Waals surface area contributed by atoms with Gasteiger partial charge in [0.05, 0.1) is 12.0 Å². The molecule has 2 fully saturated rings. The number of hydrogen-bond donors (Lipinski definition) is 2. The van der Waals surface area contributed by atoms with E-state index in [0.717, 1.165) is 45.2 Å². The average molecular weight is 344 g/mol. The first kappa shape index (κ1) is 17.9. The van der Waals surface area contributed by atoms with E-state index in [4.69, 9.17) is 0 Å². The summed E-state index contributed by atoms with van der Waals surface area (Å²) in [6, 6.07) is 7.11. The summed E-state index contributed by atoms with van der Waals surface area (Å²) in [6.07, 6.45) is 7.88. The van der Waals surface area contributed by atoms with Crippen LogP contribution in [0, 0.1) is 0 Å². The van der Waals surface area contributed by atoms with Crippen LogP contribution in [0.5, 0.6) is 0 Å². The van der Waals surface area contributed by atoms with Crippen LogP contribution in [-0.2, 0) is 4.79 Å². The van der Waals surface area contributed by atoms with Gasteiger partial charge in [-0.1, -0.05) is 25.3 Å². The zero-order valence-electron chi connectivity index (χ0n) is 14.8. The second-order valence-electron chi connectivity index (χ2n) is 7.44. The first-order valence-corrected chi connectivity index (χ1v) is 9.47. The number of nitrogens with one attached hydrogen (secondary N) is 1. The summed E-state index contributed by atoms with van der Waals surface area (Å²) in [5.74, 6) is -0.159. The van der Waals surface area contributed by atoms with Crippen LogP contribution < -0.4 is 5.32 Å². The number of aliphatic hydroxyl groups is 1. The molecule has 1 aliphatic heterocycles. The Bertz CT molecular complexity index is 617. The number of hydrogen-bond acceptors (Lipinski definition) is 3. The maximum Gasteiger partial charge on any atom is 0.253 e. The zero-order chi connectivity index (χ0) is 17.7. The van der Waals surface area contributed by atoms with Crippen molar-refractivity contribution >= 4 is 17.5 Å². The van der Waals surface area contributed by atoms with E-state index >= 15 is 0 Å². The lowest BCUT2D eigenvalue weighted by Gasteiger charge is -2.31. The van der Waals surface area contributed by atoms with Gasteiger partial charge in [0.25, 0.3) is 5.91 Å². The van der Waals surface area contributed by atoms with Gasteiger partial charge in [0.2, 0.25) is 5.91 Å². The molecule has 1 saturated heterocycles. The van der Waals surface area contributed by atoms with Gasteiger partial charge in [-0.3, -0.25) is 9.59 Å². The van der Waals surface area contributed by atoms with Gasteiger partial charge in [0.15, 0.2) is 0 Å². The number of likely N-dealkylation sites (tertiary alicyclic amines) is 1. The molecule has 1 aromatic carbocycles. The largest absolute Gasteiger partial charge is 0.389 e. The monoisotopic (exact) mass is 344 g/mol. The molecule has 5 nitrogen and oxygen atoms in total. The van der Waals surface area contributed by atoms with E-state index in [1.807, 2.05) is 4.90 Å². The third-order valence-corrected chi connectivity index (χ3v) is 5.31. The van der Waals surface area contributed by atoms with Crippen molar-refractivity contribution in [2.45, 2.75) is 63.4 Å². The highest BCUT2D eigenvalue weighted by Crippen LogP contribution is 2.31. The van der Waals surface area contributed by atoms with E-state index < -0.39 is 5.60 Å². The molecule has 136 valence electrons. The van der Waals surface area contributed by atoms with Gasteiger partial charge in [0, 0.05) is 24.3 Å². The van der Waals surface area contributed by atoms with Gasteiger partial charge >= 0.3 is 0 Å². The number of nitrogens with zero attached hydrogens (tertiary/aromatic N) is 1. The van der Waals surface area contributed by atoms with Crippen molar-refractivity contribution in [3.05, 3.63) is 29.8 Å². The third kappa shape index (κ3) is 4.82. The van der Waals surface area contributed by atoms with Crippen LogP contribution in [0.15, 0.2) is 24.3 Å². The van der Waals surface area contributed by atoms with Crippen molar-refractivity contribution in [2.24, 2.45) is 0 Å². The third-order valence-electron chi connectivity index (χ3n) is 5.31. The first-order chi connectivity index (χ1) is 12.1. The van der Waals surface area contributed by atoms with Crippen LogP contribution in [0.2, 0.25) is 0 Å². The van der Waals surface area contributed by atoms with E-state index in [0.29, 0.717) is 24.1 Å². The van der Waals surface area contributed by atoms with Crippen LogP contribution in [0.1, 0.15) is 68.1 Å². The van der Waals surface area contributed by atoms with E-state index in [1.54, 1.807) is 24.3 Å². The van der Waals surface area contributed by atoms with Crippen molar-refractivity contribution in [3.8, 4) is 0 Å². The standard InChI is InChI=1S/C20H28N2O3/c23-18(15-20(25)10-3-1-4-11-20)21-17-9-7-8-16(14-17)19(24)22-12-5-2-6-13-22/h7-9,14,25H,1-6,10-13,15H2,(H,21,23). The summed E-state index contributed by atoms with van der Waals surface area (Å²) in [4.78, 5) is 26.8. The molecule has 25 heavy (non-hydrogen) atoms. The van der Waals surface area contributed by atoms with Crippen LogP contribution in [0.3, 0.4) is 0 Å². The molecule has 0 aromatic heterocycles. The van der Waals surface area contributed by atoms with E-state index in [9.17, 15) is 14.7 Å². The molecule has 2 aliphatic rings. The minimum absolute atomic E-state index is 0.0294. The summed E-state index contributed by atoms with van der Waals surface area (Å²) in [6.45, 7) is 1.62. The van der Waals surface area contributed by atoms with Gasteiger partial charge < -0.3 is 15.3 Å². The predicted octanol–water partition coefficient (Wildman–Crippen LogP) is 3.34. The molecule has 1 aliphatic carbocycles. The van der Waals surface area contributed by atoms with E-state index in [1.165, 1.54) is 6.42 Å². The summed E-state index contributed by atoms with van der Waals surface area (Å²) < 4.78 is 0. The van der Waals surface area contributed by atoms with Crippen LogP contribution in [-0.4, -0.2) is 40.5 Å². The average Bonchev–Trinajstić information content (AvgIpc) is 2.62. The minimum atomic E-state index is -0.871. The van der Waals surface area contributed by atoms with Crippen molar-refractivity contribution in [1.82, 2.24) is 4.90 Å². The van der Waals surface area contributed by atoms with E-state index in [2.05, 4.69) is 5.32 Å². The van der Waals surface area contributed by atoms with Crippen LogP contribution >= 0.6 is 0 Å². The Hall–Kier alpha value is -1.88. The number of piperidine rings is 1. The first-order valence-electron chi connectivity index (χ1n) is 9.47. The summed E-state index contributed by atoms with van der Waals surface area (Å²) in [7, 11) is 0. The highest BCUT2D eigenvalue weighted by molar-refractivity contribution is 5.97. The van der Waals surface area contributed by atoms with E-state index in [-0.39, 0.29) is 18.2 Å². The maximum atomic E-state index is 12.6. The molecule has 0 radical (unpaired) electrons. The molecule has 3 rings (SSSR count). The summed E-state index contributed by atoms with van der Waals surface area (Å²) >= 11 is 0. The lowest BCUT2D eigenvalue weighted by atomic mass is 9.82. The number of carbonyl (C=O) groups is 2. The maximum absolute atomic E-state index is 12.6. The number of benzene rings is 1. The lowest BCUT2D eigenvalue weighted by molar-refractivity contribution is -0.122. The molecule has 2 amide bonds. The normalized spacial score (nSPS) is 20.1. The fourth-order valence-electron chi connectivity index (χ4n) is 3.90. The topological polar surface area (TPSA) is 69.6 Å². The molecule has 1 aromatic rings. The van der Waals surface area contributed by atoms with Crippen LogP contribution in [0.25, 0.3) is 0 Å². The van der Waals surface area contributed by atoms with Gasteiger partial charge in [0.1, 0.15) is 0 Å². The predicted molar refractivity (Wildman–Crippen MR) is 97.5 cm³/mol. The SMILES string of the molecule is O=C(CC1(O)CCCCC1)Nc1cccc(C(=O)N2CCCCC2)c1. The summed E-state index contributed by atoms with van der Waals surface area (Å²) in [5.41, 5.74) is 0.354. The van der Waals surface area contributed by atoms with Crippen molar-refractivity contribution in [2.75, 3.05) is 18.4 Å². The van der Waals surface area contributed by atoms with Gasteiger partial charge in [-0.2, -0.15) is 0 Å². The molecule has 0 bridgehead atoms. The van der Waals surface area contributed by atoms with Crippen molar-refractivity contribution in [1.29, 1.82) is 0 Å². The molecule has 0 spiro atoms. The Balaban J connectivity index is 1.61. The second-order valence-corrected chi connectivity index (χ2v) is 7.44. The molecular formula is C20H28N2O3. The summed E-state index contributed by atoms with van der Waals surface area (Å²) in [5, 5.41) is 13.4. The molecule has 1 saturated carbocycles. The fourth-order valence-corrected chi connectivity index (χ4v) is 3.90. The molecule has 0 atom stereocenters. The second kappa shape index (κ2) is 8.00. The molecular weight excluding hydrogens is 316 g/mol. The number of rotatable bonds is 4. The highest BCUT2D eigenvalue weighted by atomic mass is 16.3. The van der Waals surface area contributed by atoms with Crippen molar-refractivity contribution in [3.63, 3.8) is 0 Å². The van der Waals surface area contributed by atoms with Gasteiger partial charge in [-0.25, -0.2) is 0 Å². The lowest BCUT2D eigenvalue weighted by Crippen LogP contribution is -2.36. The Morgan fingerprint density at radius 1 is 1.04 bits per heavy atom. The minimum Gasteiger partial charge on any atom is -0.389 e. The van der Waals surface area contributed by atoms with Gasteiger partial charge in [-0.15, -0.1) is 0 Å². The fraction of sp³-hybridized carbons (Fsp3) is 0.600. The Morgan fingerprint density at radius 3 is 2.44 bits per heavy atom. The molecule has 2 N–H and O–H groups in total. The quantitative estimate of drug-likeness (QED) is 0.880. The smallest absolute Gasteiger partial charge is 0.253 e. The molecule has 0 unspecified atom stereocenters. The Labute approximate surface area is 149 Å². The highest BCUT2D eigenvalue weighted by Gasteiger charge is 2.31.